The number of morpholine rings is 1. The summed E-state index contributed by atoms with van der Waals surface area (Å²) in [7, 11) is 0. The fourth-order valence-electron chi connectivity index (χ4n) is 4.10. The number of H-pyrrole nitrogens is 1. The summed E-state index contributed by atoms with van der Waals surface area (Å²) >= 11 is 0. The maximum atomic E-state index is 13.6. The first kappa shape index (κ1) is 19.7. The van der Waals surface area contributed by atoms with Crippen LogP contribution in [0.1, 0.15) is 32.9 Å². The normalized spacial score (nSPS) is 15.1. The number of nitrogens with one attached hydrogen (secondary N) is 1. The van der Waals surface area contributed by atoms with Crippen LogP contribution < -0.4 is 0 Å². The van der Waals surface area contributed by atoms with Gasteiger partial charge in [0.25, 0.3) is 5.91 Å². The number of hydrogen-bond acceptors (Lipinski definition) is 4. The molecule has 1 fully saturated rings. The van der Waals surface area contributed by atoms with Crippen molar-refractivity contribution in [2.75, 3.05) is 39.4 Å². The van der Waals surface area contributed by atoms with Gasteiger partial charge in [0.15, 0.2) is 0 Å². The molecule has 0 spiro atoms. The smallest absolute Gasteiger partial charge is 0.271 e. The highest BCUT2D eigenvalue weighted by molar-refractivity contribution is 6.02. The molecule has 0 unspecified atom stereocenters. The summed E-state index contributed by atoms with van der Waals surface area (Å²) in [5, 5.41) is 1.15. The maximum absolute atomic E-state index is 13.6. The number of ether oxygens (including phenoxy) is 1. The van der Waals surface area contributed by atoms with Gasteiger partial charge in [-0.3, -0.25) is 9.69 Å². The van der Waals surface area contributed by atoms with Gasteiger partial charge in [0.1, 0.15) is 11.5 Å². The molecule has 3 aromatic rings. The molecule has 1 saturated heterocycles. The van der Waals surface area contributed by atoms with Gasteiger partial charge in [-0.25, -0.2) is 0 Å². The van der Waals surface area contributed by atoms with Crippen LogP contribution in [0.5, 0.6) is 0 Å². The van der Waals surface area contributed by atoms with Crippen molar-refractivity contribution in [2.24, 2.45) is 0 Å². The molecule has 1 amide bonds. The Hall–Kier alpha value is -2.57. The topological polar surface area (TPSA) is 61.7 Å². The van der Waals surface area contributed by atoms with Crippen molar-refractivity contribution in [1.29, 1.82) is 0 Å². The monoisotopic (exact) mass is 395 g/mol. The zero-order chi connectivity index (χ0) is 20.4. The van der Waals surface area contributed by atoms with E-state index >= 15 is 0 Å². The van der Waals surface area contributed by atoms with Gasteiger partial charge in [-0.15, -0.1) is 0 Å². The van der Waals surface area contributed by atoms with Crippen molar-refractivity contribution in [3.8, 4) is 0 Å². The third-order valence-corrected chi connectivity index (χ3v) is 5.84. The van der Waals surface area contributed by atoms with Gasteiger partial charge in [0.2, 0.25) is 0 Å². The average Bonchev–Trinajstić information content (AvgIpc) is 3.36. The molecular formula is C23H29N3O3. The number of carbonyl (C=O) groups excluding carboxylic acids is 1. The number of rotatable bonds is 6. The summed E-state index contributed by atoms with van der Waals surface area (Å²) in [5.41, 5.74) is 5.08. The Morgan fingerprint density at radius 3 is 2.59 bits per heavy atom. The van der Waals surface area contributed by atoms with E-state index in [0.717, 1.165) is 60.6 Å². The molecule has 1 aliphatic heterocycles. The lowest BCUT2D eigenvalue weighted by Gasteiger charge is -2.29. The molecule has 4 rings (SSSR count). The quantitative estimate of drug-likeness (QED) is 0.692. The minimum atomic E-state index is 0.0159. The summed E-state index contributed by atoms with van der Waals surface area (Å²) in [6.07, 6.45) is 1.65. The van der Waals surface area contributed by atoms with E-state index in [-0.39, 0.29) is 5.91 Å². The number of fused-ring (bicyclic) bond motifs is 1. The van der Waals surface area contributed by atoms with Crippen molar-refractivity contribution >= 4 is 16.8 Å². The zero-order valence-electron chi connectivity index (χ0n) is 17.5. The van der Waals surface area contributed by atoms with Crippen LogP contribution in [0.25, 0.3) is 10.9 Å². The predicted octanol–water partition coefficient (Wildman–Crippen LogP) is 3.66. The van der Waals surface area contributed by atoms with E-state index in [2.05, 4.69) is 35.9 Å². The third kappa shape index (κ3) is 4.09. The van der Waals surface area contributed by atoms with Crippen LogP contribution in [0.15, 0.2) is 34.9 Å². The van der Waals surface area contributed by atoms with Gasteiger partial charge in [-0.2, -0.15) is 0 Å². The van der Waals surface area contributed by atoms with Gasteiger partial charge >= 0.3 is 0 Å². The molecule has 0 bridgehead atoms. The average molecular weight is 396 g/mol. The minimum Gasteiger partial charge on any atom is -0.467 e. The van der Waals surface area contributed by atoms with Gasteiger partial charge < -0.3 is 19.0 Å². The SMILES string of the molecule is Cc1ccc(C)c2c(C)c(C(=O)N(CCN3CCOCC3)Cc3ccco3)[nH]c12. The Bertz CT molecular complexity index is 985. The number of nitrogens with zero attached hydrogens (tertiary/aromatic N) is 2. The van der Waals surface area contributed by atoms with Crippen molar-refractivity contribution in [3.05, 3.63) is 58.7 Å². The van der Waals surface area contributed by atoms with Crippen LogP contribution in [0.2, 0.25) is 0 Å². The van der Waals surface area contributed by atoms with Gasteiger partial charge in [-0.05, 0) is 49.6 Å². The Labute approximate surface area is 171 Å². The second-order valence-electron chi connectivity index (χ2n) is 7.83. The summed E-state index contributed by atoms with van der Waals surface area (Å²) in [5.74, 6) is 0.809. The van der Waals surface area contributed by atoms with E-state index < -0.39 is 0 Å². The fraction of sp³-hybridized carbons (Fsp3) is 0.435. The van der Waals surface area contributed by atoms with Crippen LogP contribution >= 0.6 is 0 Å². The summed E-state index contributed by atoms with van der Waals surface area (Å²) in [6, 6.07) is 8.00. The molecule has 3 heterocycles. The van der Waals surface area contributed by atoms with Crippen LogP contribution in [-0.4, -0.2) is 60.1 Å². The summed E-state index contributed by atoms with van der Waals surface area (Å²) < 4.78 is 11.0. The van der Waals surface area contributed by atoms with Crippen molar-refractivity contribution in [1.82, 2.24) is 14.8 Å². The number of hydrogen-bond donors (Lipinski definition) is 1. The Kier molecular flexibility index (Phi) is 5.74. The van der Waals surface area contributed by atoms with Crippen LogP contribution in [0.4, 0.5) is 0 Å². The number of furan rings is 1. The molecule has 2 aromatic heterocycles. The molecule has 1 N–H and O–H groups in total. The van der Waals surface area contributed by atoms with Crippen LogP contribution in [-0.2, 0) is 11.3 Å². The molecule has 0 radical (unpaired) electrons. The van der Waals surface area contributed by atoms with Gasteiger partial charge in [0, 0.05) is 37.1 Å². The highest BCUT2D eigenvalue weighted by Crippen LogP contribution is 2.28. The molecule has 29 heavy (non-hydrogen) atoms. The van der Waals surface area contributed by atoms with Crippen molar-refractivity contribution in [2.45, 2.75) is 27.3 Å². The number of aromatic amines is 1. The second kappa shape index (κ2) is 8.43. The van der Waals surface area contributed by atoms with Gasteiger partial charge in [0.05, 0.1) is 26.0 Å². The lowest BCUT2D eigenvalue weighted by Crippen LogP contribution is -2.43. The number of aromatic nitrogens is 1. The standard InChI is InChI=1S/C23H29N3O3/c1-16-6-7-17(2)21-20(16)18(3)22(24-21)23(27)26(15-19-5-4-12-29-19)9-8-25-10-13-28-14-11-25/h4-7,12,24H,8-11,13-15H2,1-3H3. The lowest BCUT2D eigenvalue weighted by atomic mass is 10.0. The molecular weight excluding hydrogens is 366 g/mol. The van der Waals surface area contributed by atoms with E-state index in [0.29, 0.717) is 18.8 Å². The number of amides is 1. The molecule has 1 aliphatic rings. The van der Waals surface area contributed by atoms with E-state index in [1.807, 2.05) is 24.0 Å². The minimum absolute atomic E-state index is 0.0159. The van der Waals surface area contributed by atoms with Crippen LogP contribution in [0, 0.1) is 20.8 Å². The first-order valence-corrected chi connectivity index (χ1v) is 10.2. The third-order valence-electron chi connectivity index (χ3n) is 5.84. The van der Waals surface area contributed by atoms with E-state index in [1.54, 1.807) is 6.26 Å². The molecule has 0 saturated carbocycles. The molecule has 1 aromatic carbocycles. The van der Waals surface area contributed by atoms with Crippen molar-refractivity contribution < 1.29 is 13.9 Å². The number of aryl methyl sites for hydroxylation is 3. The molecule has 0 aliphatic carbocycles. The highest BCUT2D eigenvalue weighted by Gasteiger charge is 2.24. The van der Waals surface area contributed by atoms with E-state index in [4.69, 9.17) is 9.15 Å². The van der Waals surface area contributed by atoms with Crippen LogP contribution in [0.3, 0.4) is 0 Å². The largest absolute Gasteiger partial charge is 0.467 e. The molecule has 0 atom stereocenters. The lowest BCUT2D eigenvalue weighted by molar-refractivity contribution is 0.0316. The summed E-state index contributed by atoms with van der Waals surface area (Å²) in [6.45, 7) is 11.5. The van der Waals surface area contributed by atoms with Gasteiger partial charge in [-0.1, -0.05) is 12.1 Å². The molecule has 6 nitrogen and oxygen atoms in total. The summed E-state index contributed by atoms with van der Waals surface area (Å²) in [4.78, 5) is 21.2. The number of carbonyl (C=O) groups is 1. The predicted molar refractivity (Wildman–Crippen MR) is 113 cm³/mol. The molecule has 6 heteroatoms. The fourth-order valence-corrected chi connectivity index (χ4v) is 4.10. The second-order valence-corrected chi connectivity index (χ2v) is 7.83. The molecule has 154 valence electrons. The van der Waals surface area contributed by atoms with E-state index in [1.165, 1.54) is 5.56 Å². The Morgan fingerprint density at radius 2 is 1.90 bits per heavy atom. The highest BCUT2D eigenvalue weighted by atomic mass is 16.5. The first-order chi connectivity index (χ1) is 14.0. The first-order valence-electron chi connectivity index (χ1n) is 10.2. The number of benzene rings is 1. The Balaban J connectivity index is 1.61. The zero-order valence-corrected chi connectivity index (χ0v) is 17.5. The van der Waals surface area contributed by atoms with Crippen molar-refractivity contribution in [3.63, 3.8) is 0 Å². The Morgan fingerprint density at radius 1 is 1.14 bits per heavy atom. The maximum Gasteiger partial charge on any atom is 0.271 e. The van der Waals surface area contributed by atoms with E-state index in [9.17, 15) is 4.79 Å².